The van der Waals surface area contributed by atoms with Gasteiger partial charge in [-0.25, -0.2) is 0 Å². The molecule has 0 radical (unpaired) electrons. The van der Waals surface area contributed by atoms with E-state index >= 15 is 0 Å². The van der Waals surface area contributed by atoms with Crippen LogP contribution < -0.4 is 0 Å². The van der Waals surface area contributed by atoms with Gasteiger partial charge in [0, 0.05) is 13.1 Å². The Morgan fingerprint density at radius 1 is 1.56 bits per heavy atom. The zero-order chi connectivity index (χ0) is 13.2. The van der Waals surface area contributed by atoms with Gasteiger partial charge in [-0.05, 0) is 43.0 Å². The minimum absolute atomic E-state index is 0.121. The molecule has 1 aliphatic heterocycles. The monoisotopic (exact) mass is 280 g/mol. The molecule has 0 N–H and O–H groups in total. The summed E-state index contributed by atoms with van der Waals surface area (Å²) in [7, 11) is 0. The molecule has 1 aliphatic rings. The number of nitrogens with zero attached hydrogens (tertiary/aromatic N) is 2. The Morgan fingerprint density at radius 2 is 2.22 bits per heavy atom. The fourth-order valence-electron chi connectivity index (χ4n) is 2.17. The Kier molecular flexibility index (Phi) is 3.98. The molecule has 0 aliphatic carbocycles. The molecule has 1 amide bonds. The molecular weight excluding hydrogens is 264 g/mol. The van der Waals surface area contributed by atoms with Gasteiger partial charge in [0.25, 0.3) is 5.91 Å². The van der Waals surface area contributed by atoms with Crippen LogP contribution in [-0.2, 0) is 0 Å². The van der Waals surface area contributed by atoms with Gasteiger partial charge in [-0.15, -0.1) is 23.1 Å². The number of carbonyl (C=O) groups excluding carboxylic acids is 1. The van der Waals surface area contributed by atoms with Gasteiger partial charge in [-0.3, -0.25) is 4.79 Å². The first-order valence-electron chi connectivity index (χ1n) is 5.92. The molecule has 0 bridgehead atoms. The van der Waals surface area contributed by atoms with E-state index in [1.807, 2.05) is 29.5 Å². The van der Waals surface area contributed by atoms with E-state index in [1.54, 1.807) is 11.8 Å². The van der Waals surface area contributed by atoms with Gasteiger partial charge in [0.1, 0.15) is 4.75 Å². The van der Waals surface area contributed by atoms with Gasteiger partial charge in [0.15, 0.2) is 0 Å². The van der Waals surface area contributed by atoms with Crippen LogP contribution in [0.5, 0.6) is 0 Å². The number of aryl methyl sites for hydroxylation is 1. The molecule has 96 valence electrons. The molecule has 3 nitrogen and oxygen atoms in total. The molecule has 2 heterocycles. The highest BCUT2D eigenvalue weighted by Gasteiger charge is 2.35. The summed E-state index contributed by atoms with van der Waals surface area (Å²) in [5.41, 5.74) is 1.05. The van der Waals surface area contributed by atoms with Crippen LogP contribution in [0.3, 0.4) is 0 Å². The molecule has 0 saturated carbocycles. The van der Waals surface area contributed by atoms with Crippen molar-refractivity contribution in [2.75, 3.05) is 19.3 Å². The van der Waals surface area contributed by atoms with E-state index in [-0.39, 0.29) is 10.7 Å². The normalized spacial score (nSPS) is 18.4. The average molecular weight is 280 g/mol. The van der Waals surface area contributed by atoms with Gasteiger partial charge >= 0.3 is 0 Å². The highest BCUT2D eigenvalue weighted by molar-refractivity contribution is 8.00. The second-order valence-corrected chi connectivity index (χ2v) is 6.64. The standard InChI is InChI=1S/C13H16N2OS2/c1-10-3-8-18-11(10)12(16)15-6-4-13(9-14,17-2)5-7-15/h3,8H,4-7H2,1-2H3. The highest BCUT2D eigenvalue weighted by atomic mass is 32.2. The maximum Gasteiger partial charge on any atom is 0.264 e. The summed E-state index contributed by atoms with van der Waals surface area (Å²) < 4.78 is -0.290. The van der Waals surface area contributed by atoms with Crippen LogP contribution in [0.25, 0.3) is 0 Å². The highest BCUT2D eigenvalue weighted by Crippen LogP contribution is 2.34. The van der Waals surface area contributed by atoms with Crippen molar-refractivity contribution in [3.05, 3.63) is 21.9 Å². The van der Waals surface area contributed by atoms with Crippen molar-refractivity contribution in [2.24, 2.45) is 0 Å². The third kappa shape index (κ3) is 2.40. The van der Waals surface area contributed by atoms with Gasteiger partial charge in [-0.2, -0.15) is 5.26 Å². The Bertz CT molecular complexity index is 481. The topological polar surface area (TPSA) is 44.1 Å². The van der Waals surface area contributed by atoms with Gasteiger partial charge in [0.05, 0.1) is 10.9 Å². The van der Waals surface area contributed by atoms with Crippen LogP contribution in [0.2, 0.25) is 0 Å². The van der Waals surface area contributed by atoms with Crippen LogP contribution in [0, 0.1) is 18.3 Å². The van der Waals surface area contributed by atoms with E-state index in [0.29, 0.717) is 13.1 Å². The SMILES string of the molecule is CSC1(C#N)CCN(C(=O)c2sccc2C)CC1. The largest absolute Gasteiger partial charge is 0.338 e. The zero-order valence-corrected chi connectivity index (χ0v) is 12.2. The van der Waals surface area contributed by atoms with Crippen LogP contribution in [-0.4, -0.2) is 34.9 Å². The fraction of sp³-hybridized carbons (Fsp3) is 0.538. The Balaban J connectivity index is 2.05. The number of hydrogen-bond acceptors (Lipinski definition) is 4. The van der Waals surface area contributed by atoms with E-state index in [4.69, 9.17) is 0 Å². The maximum absolute atomic E-state index is 12.3. The van der Waals surface area contributed by atoms with Crippen molar-refractivity contribution >= 4 is 29.0 Å². The number of thiophene rings is 1. The quantitative estimate of drug-likeness (QED) is 0.836. The Morgan fingerprint density at radius 3 is 2.67 bits per heavy atom. The van der Waals surface area contributed by atoms with Crippen LogP contribution in [0.4, 0.5) is 0 Å². The van der Waals surface area contributed by atoms with Crippen molar-refractivity contribution in [3.8, 4) is 6.07 Å². The lowest BCUT2D eigenvalue weighted by Gasteiger charge is -2.36. The van der Waals surface area contributed by atoms with E-state index in [0.717, 1.165) is 23.3 Å². The Labute approximate surface area is 116 Å². The summed E-state index contributed by atoms with van der Waals surface area (Å²) in [4.78, 5) is 15.0. The predicted octanol–water partition coefficient (Wildman–Crippen LogP) is 2.92. The third-order valence-electron chi connectivity index (χ3n) is 3.51. The summed E-state index contributed by atoms with van der Waals surface area (Å²) in [5, 5.41) is 11.2. The molecule has 0 spiro atoms. The lowest BCUT2D eigenvalue weighted by molar-refractivity contribution is 0.0721. The molecule has 5 heteroatoms. The molecule has 1 aromatic heterocycles. The number of thioether (sulfide) groups is 1. The second kappa shape index (κ2) is 5.33. The smallest absolute Gasteiger partial charge is 0.264 e. The molecule has 1 saturated heterocycles. The van der Waals surface area contributed by atoms with Gasteiger partial charge in [0.2, 0.25) is 0 Å². The van der Waals surface area contributed by atoms with E-state index in [2.05, 4.69) is 6.07 Å². The molecule has 0 unspecified atom stereocenters. The fourth-order valence-corrected chi connectivity index (χ4v) is 3.74. The first-order chi connectivity index (χ1) is 8.62. The Hall–Kier alpha value is -0.990. The summed E-state index contributed by atoms with van der Waals surface area (Å²) in [6.45, 7) is 3.34. The average Bonchev–Trinajstić information content (AvgIpc) is 2.84. The first kappa shape index (κ1) is 13.4. The second-order valence-electron chi connectivity index (χ2n) is 4.54. The molecule has 0 aromatic carbocycles. The number of likely N-dealkylation sites (tertiary alicyclic amines) is 1. The van der Waals surface area contributed by atoms with Gasteiger partial charge < -0.3 is 4.90 Å². The lowest BCUT2D eigenvalue weighted by atomic mass is 9.97. The van der Waals surface area contributed by atoms with Crippen molar-refractivity contribution in [3.63, 3.8) is 0 Å². The van der Waals surface area contributed by atoms with Crippen LogP contribution in [0.15, 0.2) is 11.4 Å². The maximum atomic E-state index is 12.3. The van der Waals surface area contributed by atoms with E-state index in [1.165, 1.54) is 11.3 Å². The van der Waals surface area contributed by atoms with E-state index in [9.17, 15) is 10.1 Å². The van der Waals surface area contributed by atoms with Gasteiger partial charge in [-0.1, -0.05) is 0 Å². The number of rotatable bonds is 2. The first-order valence-corrected chi connectivity index (χ1v) is 8.02. The summed E-state index contributed by atoms with van der Waals surface area (Å²) in [6.07, 6.45) is 3.51. The number of hydrogen-bond donors (Lipinski definition) is 0. The third-order valence-corrected chi connectivity index (χ3v) is 5.79. The molecule has 18 heavy (non-hydrogen) atoms. The predicted molar refractivity (Wildman–Crippen MR) is 76.1 cm³/mol. The molecular formula is C13H16N2OS2. The molecule has 1 aromatic rings. The zero-order valence-electron chi connectivity index (χ0n) is 10.6. The number of piperidine rings is 1. The number of nitriles is 1. The summed E-state index contributed by atoms with van der Waals surface area (Å²) in [6, 6.07) is 4.38. The number of carbonyl (C=O) groups is 1. The lowest BCUT2D eigenvalue weighted by Crippen LogP contribution is -2.44. The summed E-state index contributed by atoms with van der Waals surface area (Å²) in [5.74, 6) is 0.121. The van der Waals surface area contributed by atoms with Crippen LogP contribution >= 0.6 is 23.1 Å². The van der Waals surface area contributed by atoms with Crippen LogP contribution in [0.1, 0.15) is 28.1 Å². The number of amides is 1. The van der Waals surface area contributed by atoms with Crippen molar-refractivity contribution in [1.82, 2.24) is 4.90 Å². The minimum Gasteiger partial charge on any atom is -0.338 e. The summed E-state index contributed by atoms with van der Waals surface area (Å²) >= 11 is 3.11. The molecule has 2 rings (SSSR count). The van der Waals surface area contributed by atoms with E-state index < -0.39 is 0 Å². The minimum atomic E-state index is -0.290. The van der Waals surface area contributed by atoms with Crippen molar-refractivity contribution < 1.29 is 4.79 Å². The van der Waals surface area contributed by atoms with Crippen molar-refractivity contribution in [1.29, 1.82) is 5.26 Å². The van der Waals surface area contributed by atoms with Crippen molar-refractivity contribution in [2.45, 2.75) is 24.5 Å². The molecule has 1 fully saturated rings. The molecule has 0 atom stereocenters.